The van der Waals surface area contributed by atoms with Gasteiger partial charge in [-0.05, 0) is 65.2 Å². The summed E-state index contributed by atoms with van der Waals surface area (Å²) in [6, 6.07) is 2.21. The van der Waals surface area contributed by atoms with Crippen LogP contribution in [0.2, 0.25) is 0 Å². The Kier molecular flexibility index (Phi) is 4.10. The number of hydrogen-bond donors (Lipinski definition) is 1. The minimum Gasteiger partial charge on any atom is -0.495 e. The fourth-order valence-electron chi connectivity index (χ4n) is 2.58. The maximum Gasteiger partial charge on any atom is 0.136 e. The van der Waals surface area contributed by atoms with Crippen molar-refractivity contribution in [2.45, 2.75) is 45.1 Å². The molecule has 0 saturated heterocycles. The van der Waals surface area contributed by atoms with Crippen LogP contribution in [0.15, 0.2) is 10.5 Å². The van der Waals surface area contributed by atoms with Crippen molar-refractivity contribution in [2.24, 2.45) is 0 Å². The van der Waals surface area contributed by atoms with Gasteiger partial charge in [-0.1, -0.05) is 6.07 Å². The molecule has 94 valence electrons. The van der Waals surface area contributed by atoms with Crippen LogP contribution in [0.3, 0.4) is 0 Å². The summed E-state index contributed by atoms with van der Waals surface area (Å²) in [5.74, 6) is 0.895. The molecule has 1 aliphatic rings. The molecule has 0 radical (unpaired) electrons. The molecular formula is C14H19BrO2. The maximum atomic E-state index is 9.55. The summed E-state index contributed by atoms with van der Waals surface area (Å²) in [4.78, 5) is 0. The van der Waals surface area contributed by atoms with Gasteiger partial charge < -0.3 is 9.84 Å². The monoisotopic (exact) mass is 298 g/mol. The average molecular weight is 299 g/mol. The van der Waals surface area contributed by atoms with Crippen LogP contribution < -0.4 is 4.74 Å². The Labute approximate surface area is 111 Å². The molecule has 0 fully saturated rings. The first-order chi connectivity index (χ1) is 8.13. The molecule has 1 atom stereocenters. The summed E-state index contributed by atoms with van der Waals surface area (Å²) in [5.41, 5.74) is 3.91. The normalized spacial score (nSPS) is 16.5. The molecule has 2 nitrogen and oxygen atoms in total. The van der Waals surface area contributed by atoms with E-state index in [0.29, 0.717) is 6.42 Å². The number of halogens is 1. The average Bonchev–Trinajstić information content (AvgIpc) is 2.29. The molecular weight excluding hydrogens is 280 g/mol. The van der Waals surface area contributed by atoms with Gasteiger partial charge in [0.25, 0.3) is 0 Å². The molecule has 0 heterocycles. The minimum absolute atomic E-state index is 0.336. The molecule has 1 unspecified atom stereocenters. The lowest BCUT2D eigenvalue weighted by Gasteiger charge is -2.22. The molecule has 0 saturated carbocycles. The van der Waals surface area contributed by atoms with Crippen LogP contribution in [0.4, 0.5) is 0 Å². The van der Waals surface area contributed by atoms with Gasteiger partial charge in [-0.3, -0.25) is 0 Å². The summed E-state index contributed by atoms with van der Waals surface area (Å²) in [6.07, 6.45) is 5.10. The van der Waals surface area contributed by atoms with Gasteiger partial charge in [-0.2, -0.15) is 0 Å². The van der Waals surface area contributed by atoms with Crippen molar-refractivity contribution in [3.05, 3.63) is 27.2 Å². The van der Waals surface area contributed by atoms with Gasteiger partial charge in [0.15, 0.2) is 0 Å². The number of aliphatic hydroxyl groups is 1. The highest BCUT2D eigenvalue weighted by Gasteiger charge is 2.19. The fourth-order valence-corrected chi connectivity index (χ4v) is 3.45. The van der Waals surface area contributed by atoms with E-state index in [-0.39, 0.29) is 6.10 Å². The zero-order valence-electron chi connectivity index (χ0n) is 10.4. The quantitative estimate of drug-likeness (QED) is 0.928. The van der Waals surface area contributed by atoms with E-state index in [4.69, 9.17) is 4.74 Å². The first-order valence-corrected chi connectivity index (χ1v) is 6.98. The highest BCUT2D eigenvalue weighted by atomic mass is 79.9. The molecule has 0 amide bonds. The lowest BCUT2D eigenvalue weighted by molar-refractivity contribution is 0.194. The smallest absolute Gasteiger partial charge is 0.136 e. The standard InChI is InChI=1S/C14H19BrO2/c1-9(16)7-11-8-10-5-3-4-6-12(10)13(15)14(11)17-2/h8-9,16H,3-7H2,1-2H3. The third-order valence-electron chi connectivity index (χ3n) is 3.33. The molecule has 2 rings (SSSR count). The van der Waals surface area contributed by atoms with Crippen molar-refractivity contribution < 1.29 is 9.84 Å². The molecule has 1 N–H and O–H groups in total. The number of aryl methyl sites for hydroxylation is 1. The molecule has 17 heavy (non-hydrogen) atoms. The van der Waals surface area contributed by atoms with Gasteiger partial charge in [0.1, 0.15) is 5.75 Å². The minimum atomic E-state index is -0.336. The molecule has 0 aromatic heterocycles. The van der Waals surface area contributed by atoms with E-state index < -0.39 is 0 Å². The van der Waals surface area contributed by atoms with Crippen LogP contribution >= 0.6 is 15.9 Å². The summed E-state index contributed by atoms with van der Waals surface area (Å²) >= 11 is 3.66. The Morgan fingerprint density at radius 2 is 2.12 bits per heavy atom. The fraction of sp³-hybridized carbons (Fsp3) is 0.571. The van der Waals surface area contributed by atoms with E-state index in [9.17, 15) is 5.11 Å². The van der Waals surface area contributed by atoms with Crippen LogP contribution in [-0.2, 0) is 19.3 Å². The number of aliphatic hydroxyl groups excluding tert-OH is 1. The topological polar surface area (TPSA) is 29.5 Å². The third-order valence-corrected chi connectivity index (χ3v) is 4.17. The lowest BCUT2D eigenvalue weighted by Crippen LogP contribution is -2.10. The molecule has 3 heteroatoms. The molecule has 1 aromatic carbocycles. The number of benzene rings is 1. The van der Waals surface area contributed by atoms with E-state index in [1.807, 2.05) is 6.92 Å². The second-order valence-electron chi connectivity index (χ2n) is 4.78. The Hall–Kier alpha value is -0.540. The van der Waals surface area contributed by atoms with Crippen molar-refractivity contribution in [1.82, 2.24) is 0 Å². The number of fused-ring (bicyclic) bond motifs is 1. The zero-order chi connectivity index (χ0) is 12.4. The third kappa shape index (κ3) is 2.66. The summed E-state index contributed by atoms with van der Waals surface area (Å²) in [5, 5.41) is 9.55. The summed E-state index contributed by atoms with van der Waals surface area (Å²) in [6.45, 7) is 1.81. The highest BCUT2D eigenvalue weighted by Crippen LogP contribution is 2.38. The SMILES string of the molecule is COc1c(CC(C)O)cc2c(c1Br)CCCC2. The summed E-state index contributed by atoms with van der Waals surface area (Å²) in [7, 11) is 1.70. The number of ether oxygens (including phenoxy) is 1. The van der Waals surface area contributed by atoms with Gasteiger partial charge in [0.05, 0.1) is 17.7 Å². The van der Waals surface area contributed by atoms with E-state index in [2.05, 4.69) is 22.0 Å². The Bertz CT molecular complexity index is 413. The second kappa shape index (κ2) is 5.40. The van der Waals surface area contributed by atoms with Gasteiger partial charge in [0.2, 0.25) is 0 Å². The van der Waals surface area contributed by atoms with Crippen LogP contribution in [0, 0.1) is 0 Å². The van der Waals surface area contributed by atoms with Crippen molar-refractivity contribution in [2.75, 3.05) is 7.11 Å². The first kappa shape index (κ1) is 12.9. The summed E-state index contributed by atoms with van der Waals surface area (Å²) < 4.78 is 6.58. The van der Waals surface area contributed by atoms with E-state index in [1.54, 1.807) is 7.11 Å². The number of rotatable bonds is 3. The van der Waals surface area contributed by atoms with Gasteiger partial charge in [0, 0.05) is 6.42 Å². The van der Waals surface area contributed by atoms with Gasteiger partial charge in [-0.25, -0.2) is 0 Å². The van der Waals surface area contributed by atoms with Crippen molar-refractivity contribution >= 4 is 15.9 Å². The van der Waals surface area contributed by atoms with Gasteiger partial charge >= 0.3 is 0 Å². The maximum absolute atomic E-state index is 9.55. The zero-order valence-corrected chi connectivity index (χ0v) is 12.0. The van der Waals surface area contributed by atoms with Crippen molar-refractivity contribution in [1.29, 1.82) is 0 Å². The Morgan fingerprint density at radius 1 is 1.41 bits per heavy atom. The second-order valence-corrected chi connectivity index (χ2v) is 5.57. The largest absolute Gasteiger partial charge is 0.495 e. The number of methoxy groups -OCH3 is 1. The van der Waals surface area contributed by atoms with Crippen molar-refractivity contribution in [3.63, 3.8) is 0 Å². The van der Waals surface area contributed by atoms with E-state index >= 15 is 0 Å². The van der Waals surface area contributed by atoms with Crippen LogP contribution in [-0.4, -0.2) is 18.3 Å². The van der Waals surface area contributed by atoms with Gasteiger partial charge in [-0.15, -0.1) is 0 Å². The molecule has 0 bridgehead atoms. The molecule has 0 aliphatic heterocycles. The lowest BCUT2D eigenvalue weighted by atomic mass is 9.89. The molecule has 0 spiro atoms. The van der Waals surface area contributed by atoms with E-state index in [0.717, 1.165) is 28.6 Å². The molecule has 1 aliphatic carbocycles. The van der Waals surface area contributed by atoms with Crippen LogP contribution in [0.25, 0.3) is 0 Å². The predicted molar refractivity (Wildman–Crippen MR) is 72.7 cm³/mol. The van der Waals surface area contributed by atoms with Crippen molar-refractivity contribution in [3.8, 4) is 5.75 Å². The van der Waals surface area contributed by atoms with Crippen LogP contribution in [0.1, 0.15) is 36.5 Å². The molecule has 1 aromatic rings. The highest BCUT2D eigenvalue weighted by molar-refractivity contribution is 9.10. The number of hydrogen-bond acceptors (Lipinski definition) is 2. The first-order valence-electron chi connectivity index (χ1n) is 6.18. The van der Waals surface area contributed by atoms with Crippen LogP contribution in [0.5, 0.6) is 5.75 Å². The predicted octanol–water partition coefficient (Wildman–Crippen LogP) is 3.26. The Balaban J connectivity index is 2.48. The van der Waals surface area contributed by atoms with E-state index in [1.165, 1.54) is 24.0 Å². The Morgan fingerprint density at radius 3 is 2.76 bits per heavy atom.